The lowest BCUT2D eigenvalue weighted by molar-refractivity contribution is 0.722. The van der Waals surface area contributed by atoms with Crippen molar-refractivity contribution in [2.75, 3.05) is 5.32 Å². The molecule has 1 aromatic heterocycles. The van der Waals surface area contributed by atoms with Gasteiger partial charge in [0.25, 0.3) is 0 Å². The zero-order chi connectivity index (χ0) is 17.6. The molecule has 3 aromatic rings. The summed E-state index contributed by atoms with van der Waals surface area (Å²) in [6.45, 7) is 4.24. The summed E-state index contributed by atoms with van der Waals surface area (Å²) in [6.07, 6.45) is 6.53. The Bertz CT molecular complexity index is 808. The van der Waals surface area contributed by atoms with Crippen molar-refractivity contribution in [2.45, 2.75) is 26.3 Å². The minimum atomic E-state index is 0.117. The van der Waals surface area contributed by atoms with E-state index < -0.39 is 0 Å². The smallest absolute Gasteiger partial charge is 0.171 e. The lowest BCUT2D eigenvalue weighted by atomic mass is 10.1. The van der Waals surface area contributed by atoms with Gasteiger partial charge >= 0.3 is 0 Å². The third-order valence-electron chi connectivity index (χ3n) is 4.16. The Morgan fingerprint density at radius 1 is 1.12 bits per heavy atom. The Balaban J connectivity index is 1.59. The average Bonchev–Trinajstić information content (AvgIpc) is 3.17. The molecule has 1 heterocycles. The number of aryl methyl sites for hydroxylation is 1. The van der Waals surface area contributed by atoms with Gasteiger partial charge in [-0.25, -0.2) is 4.98 Å². The number of nitrogens with zero attached hydrogens (tertiary/aromatic N) is 2. The molecular weight excluding hydrogens is 328 g/mol. The van der Waals surface area contributed by atoms with E-state index >= 15 is 0 Å². The van der Waals surface area contributed by atoms with Crippen LogP contribution in [0.5, 0.6) is 0 Å². The predicted molar refractivity (Wildman–Crippen MR) is 107 cm³/mol. The monoisotopic (exact) mass is 350 g/mol. The number of imidazole rings is 1. The first-order valence-electron chi connectivity index (χ1n) is 8.40. The summed E-state index contributed by atoms with van der Waals surface area (Å²) in [5.74, 6) is 0. The summed E-state index contributed by atoms with van der Waals surface area (Å²) >= 11 is 5.43. The second-order valence-corrected chi connectivity index (χ2v) is 6.34. The Morgan fingerprint density at radius 3 is 2.44 bits per heavy atom. The Hall–Kier alpha value is -2.66. The van der Waals surface area contributed by atoms with Gasteiger partial charge in [-0.3, -0.25) is 0 Å². The highest BCUT2D eigenvalue weighted by Crippen LogP contribution is 2.16. The molecular formula is C20H22N4S. The van der Waals surface area contributed by atoms with Gasteiger partial charge < -0.3 is 15.2 Å². The van der Waals surface area contributed by atoms with Crippen LogP contribution in [0.15, 0.2) is 67.3 Å². The van der Waals surface area contributed by atoms with E-state index in [1.54, 1.807) is 12.5 Å². The summed E-state index contributed by atoms with van der Waals surface area (Å²) in [7, 11) is 0. The fraction of sp³-hybridized carbons (Fsp3) is 0.200. The summed E-state index contributed by atoms with van der Waals surface area (Å²) in [4.78, 5) is 4.07. The van der Waals surface area contributed by atoms with Crippen molar-refractivity contribution in [2.24, 2.45) is 0 Å². The van der Waals surface area contributed by atoms with E-state index in [2.05, 4.69) is 78.0 Å². The van der Waals surface area contributed by atoms with E-state index in [1.807, 2.05) is 10.8 Å². The molecule has 0 aliphatic heterocycles. The van der Waals surface area contributed by atoms with E-state index in [4.69, 9.17) is 12.2 Å². The zero-order valence-corrected chi connectivity index (χ0v) is 15.3. The summed E-state index contributed by atoms with van der Waals surface area (Å²) in [6, 6.07) is 16.8. The van der Waals surface area contributed by atoms with E-state index in [0.717, 1.165) is 17.8 Å². The number of benzene rings is 2. The van der Waals surface area contributed by atoms with Gasteiger partial charge in [-0.2, -0.15) is 0 Å². The largest absolute Gasteiger partial charge is 0.356 e. The number of aromatic nitrogens is 2. The molecule has 0 bridgehead atoms. The maximum Gasteiger partial charge on any atom is 0.171 e. The average molecular weight is 350 g/mol. The highest BCUT2D eigenvalue weighted by molar-refractivity contribution is 7.80. The van der Waals surface area contributed by atoms with E-state index in [0.29, 0.717) is 5.11 Å². The number of nitrogens with one attached hydrogen (secondary N) is 2. The molecule has 0 radical (unpaired) electrons. The first kappa shape index (κ1) is 17.2. The fourth-order valence-electron chi connectivity index (χ4n) is 2.62. The van der Waals surface area contributed by atoms with Crippen molar-refractivity contribution in [3.05, 3.63) is 78.4 Å². The molecule has 25 heavy (non-hydrogen) atoms. The van der Waals surface area contributed by atoms with Gasteiger partial charge in [0.2, 0.25) is 0 Å². The van der Waals surface area contributed by atoms with Gasteiger partial charge in [-0.15, -0.1) is 0 Å². The first-order chi connectivity index (χ1) is 12.2. The molecule has 0 aliphatic carbocycles. The van der Waals surface area contributed by atoms with E-state index in [1.165, 1.54) is 11.1 Å². The molecule has 3 rings (SSSR count). The van der Waals surface area contributed by atoms with Crippen LogP contribution < -0.4 is 10.6 Å². The summed E-state index contributed by atoms with van der Waals surface area (Å²) in [5, 5.41) is 7.19. The molecule has 0 aliphatic rings. The van der Waals surface area contributed by atoms with Gasteiger partial charge in [-0.1, -0.05) is 31.2 Å². The van der Waals surface area contributed by atoms with Gasteiger partial charge in [0.05, 0.1) is 12.4 Å². The molecule has 0 fully saturated rings. The highest BCUT2D eigenvalue weighted by atomic mass is 32.1. The van der Waals surface area contributed by atoms with Crippen LogP contribution in [0.4, 0.5) is 5.69 Å². The van der Waals surface area contributed by atoms with Crippen LogP contribution in [0, 0.1) is 0 Å². The normalized spacial score (nSPS) is 11.8. The van der Waals surface area contributed by atoms with Crippen LogP contribution in [0.1, 0.15) is 31.0 Å². The van der Waals surface area contributed by atoms with Gasteiger partial charge in [-0.05, 0) is 61.0 Å². The number of anilines is 1. The standard InChI is InChI=1S/C20H22N4S/c1-3-16-4-8-18(9-5-16)23-20(25)22-15(2)17-6-10-19(11-7-17)24-13-12-21-14-24/h4-15H,3H2,1-2H3,(H2,22,23,25). The molecule has 5 heteroatoms. The first-order valence-corrected chi connectivity index (χ1v) is 8.81. The molecule has 0 saturated heterocycles. The third-order valence-corrected chi connectivity index (χ3v) is 4.38. The second kappa shape index (κ2) is 7.94. The van der Waals surface area contributed by atoms with Crippen LogP contribution in [-0.4, -0.2) is 14.7 Å². The number of thiocarbonyl (C=S) groups is 1. The van der Waals surface area contributed by atoms with Crippen LogP contribution in [0.3, 0.4) is 0 Å². The summed E-state index contributed by atoms with van der Waals surface area (Å²) in [5.41, 5.74) is 4.58. The topological polar surface area (TPSA) is 41.9 Å². The molecule has 2 N–H and O–H groups in total. The van der Waals surface area contributed by atoms with Crippen molar-refractivity contribution in [1.82, 2.24) is 14.9 Å². The van der Waals surface area contributed by atoms with Gasteiger partial charge in [0.15, 0.2) is 5.11 Å². The Morgan fingerprint density at radius 2 is 1.84 bits per heavy atom. The lowest BCUT2D eigenvalue weighted by Crippen LogP contribution is -2.30. The van der Waals surface area contributed by atoms with Crippen molar-refractivity contribution in [3.8, 4) is 5.69 Å². The third kappa shape index (κ3) is 4.45. The molecule has 0 saturated carbocycles. The predicted octanol–water partition coefficient (Wildman–Crippen LogP) is 4.48. The van der Waals surface area contributed by atoms with E-state index in [-0.39, 0.29) is 6.04 Å². The van der Waals surface area contributed by atoms with E-state index in [9.17, 15) is 0 Å². The zero-order valence-electron chi connectivity index (χ0n) is 14.4. The number of hydrogen-bond acceptors (Lipinski definition) is 2. The molecule has 128 valence electrons. The van der Waals surface area contributed by atoms with Crippen molar-refractivity contribution in [3.63, 3.8) is 0 Å². The maximum absolute atomic E-state index is 5.43. The molecule has 2 aromatic carbocycles. The lowest BCUT2D eigenvalue weighted by Gasteiger charge is -2.18. The van der Waals surface area contributed by atoms with Crippen LogP contribution >= 0.6 is 12.2 Å². The minimum Gasteiger partial charge on any atom is -0.356 e. The minimum absolute atomic E-state index is 0.117. The highest BCUT2D eigenvalue weighted by Gasteiger charge is 2.07. The fourth-order valence-corrected chi connectivity index (χ4v) is 2.91. The van der Waals surface area contributed by atoms with Crippen LogP contribution in [0.2, 0.25) is 0 Å². The molecule has 1 unspecified atom stereocenters. The van der Waals surface area contributed by atoms with Crippen molar-refractivity contribution in [1.29, 1.82) is 0 Å². The number of hydrogen-bond donors (Lipinski definition) is 2. The molecule has 0 amide bonds. The van der Waals surface area contributed by atoms with Crippen molar-refractivity contribution < 1.29 is 0 Å². The Kier molecular flexibility index (Phi) is 5.46. The van der Waals surface area contributed by atoms with Crippen LogP contribution in [0.25, 0.3) is 5.69 Å². The second-order valence-electron chi connectivity index (χ2n) is 5.93. The maximum atomic E-state index is 5.43. The van der Waals surface area contributed by atoms with Crippen molar-refractivity contribution >= 4 is 23.0 Å². The molecule has 1 atom stereocenters. The molecule has 4 nitrogen and oxygen atoms in total. The Labute approximate surface area is 153 Å². The van der Waals surface area contributed by atoms with Gasteiger partial charge in [0, 0.05) is 23.8 Å². The quantitative estimate of drug-likeness (QED) is 0.666. The summed E-state index contributed by atoms with van der Waals surface area (Å²) < 4.78 is 1.98. The van der Waals surface area contributed by atoms with Gasteiger partial charge in [0.1, 0.15) is 0 Å². The SMILES string of the molecule is CCc1ccc(NC(=S)NC(C)c2ccc(-n3ccnc3)cc2)cc1. The molecule has 0 spiro atoms. The van der Waals surface area contributed by atoms with Crippen LogP contribution in [-0.2, 0) is 6.42 Å². The number of rotatable bonds is 5.